The summed E-state index contributed by atoms with van der Waals surface area (Å²) in [6.07, 6.45) is 7.18. The van der Waals surface area contributed by atoms with Gasteiger partial charge in [-0.25, -0.2) is 14.5 Å². The van der Waals surface area contributed by atoms with E-state index >= 15 is 0 Å². The fraction of sp³-hybridized carbons (Fsp3) is 0.375. The van der Waals surface area contributed by atoms with Gasteiger partial charge >= 0.3 is 0 Å². The number of imidazole rings is 1. The van der Waals surface area contributed by atoms with E-state index in [1.807, 2.05) is 57.6 Å². The monoisotopic (exact) mass is 620 g/mol. The van der Waals surface area contributed by atoms with Crippen LogP contribution < -0.4 is 10.9 Å². The third-order valence-corrected chi connectivity index (χ3v) is 8.75. The van der Waals surface area contributed by atoms with Gasteiger partial charge in [0.25, 0.3) is 11.5 Å². The van der Waals surface area contributed by atoms with Crippen molar-refractivity contribution in [2.24, 2.45) is 0 Å². The number of nitrogens with one attached hydrogen (secondary N) is 1. The van der Waals surface area contributed by atoms with Gasteiger partial charge < -0.3 is 19.5 Å². The molecule has 1 amide bonds. The van der Waals surface area contributed by atoms with Crippen molar-refractivity contribution < 1.29 is 9.53 Å². The van der Waals surface area contributed by atoms with Crippen LogP contribution in [0.15, 0.2) is 59.8 Å². The average molecular weight is 622 g/mol. The molecule has 2 aliphatic heterocycles. The summed E-state index contributed by atoms with van der Waals surface area (Å²) < 4.78 is 9.70. The maximum absolute atomic E-state index is 14.1. The van der Waals surface area contributed by atoms with E-state index < -0.39 is 0 Å². The minimum atomic E-state index is -0.217. The van der Waals surface area contributed by atoms with Crippen molar-refractivity contribution in [2.75, 3.05) is 11.9 Å². The lowest BCUT2D eigenvalue weighted by molar-refractivity contribution is -0.0310. The van der Waals surface area contributed by atoms with Gasteiger partial charge in [-0.05, 0) is 82.3 Å². The second kappa shape index (κ2) is 12.1. The van der Waals surface area contributed by atoms with Gasteiger partial charge in [-0.1, -0.05) is 35.3 Å². The Balaban J connectivity index is 1.34. The molecule has 0 bridgehead atoms. The molecule has 0 radical (unpaired) electrons. The maximum atomic E-state index is 14.1. The zero-order valence-corrected chi connectivity index (χ0v) is 25.9. The number of nitrogens with zero attached hydrogens (tertiary/aromatic N) is 5. The van der Waals surface area contributed by atoms with Crippen molar-refractivity contribution >= 4 is 35.1 Å². The first-order valence-corrected chi connectivity index (χ1v) is 15.4. The number of anilines is 1. The number of hydrogen-bond acceptors (Lipinski definition) is 6. The highest BCUT2D eigenvalue weighted by molar-refractivity contribution is 6.42. The van der Waals surface area contributed by atoms with Gasteiger partial charge in [0, 0.05) is 29.8 Å². The molecule has 2 aromatic heterocycles. The quantitative estimate of drug-likeness (QED) is 0.264. The Morgan fingerprint density at radius 3 is 2.58 bits per heavy atom. The van der Waals surface area contributed by atoms with Gasteiger partial charge in [0.2, 0.25) is 5.95 Å². The fourth-order valence-corrected chi connectivity index (χ4v) is 6.10. The predicted octanol–water partition coefficient (Wildman–Crippen LogP) is 6.51. The van der Waals surface area contributed by atoms with E-state index in [9.17, 15) is 9.59 Å². The number of hydrogen-bond donors (Lipinski definition) is 1. The van der Waals surface area contributed by atoms with Crippen LogP contribution in [0.4, 0.5) is 5.95 Å². The van der Waals surface area contributed by atoms with E-state index in [0.717, 1.165) is 37.1 Å². The van der Waals surface area contributed by atoms with E-state index in [4.69, 9.17) is 32.9 Å². The number of carbonyl (C=O) groups excluding carboxylic acids is 1. The molecule has 9 nitrogen and oxygen atoms in total. The summed E-state index contributed by atoms with van der Waals surface area (Å²) in [5, 5.41) is 4.05. The first-order chi connectivity index (χ1) is 20.7. The molecule has 1 fully saturated rings. The van der Waals surface area contributed by atoms with Crippen LogP contribution >= 0.6 is 23.2 Å². The maximum Gasteiger partial charge on any atom is 0.263 e. The van der Waals surface area contributed by atoms with Crippen LogP contribution in [0.25, 0.3) is 16.9 Å². The fourth-order valence-electron chi connectivity index (χ4n) is 5.80. The molecule has 2 aliphatic rings. The lowest BCUT2D eigenvalue weighted by Crippen LogP contribution is -2.46. The van der Waals surface area contributed by atoms with Gasteiger partial charge in [0.05, 0.1) is 46.2 Å². The Morgan fingerprint density at radius 1 is 1.09 bits per heavy atom. The highest BCUT2D eigenvalue weighted by Crippen LogP contribution is 2.31. The van der Waals surface area contributed by atoms with E-state index in [-0.39, 0.29) is 36.3 Å². The van der Waals surface area contributed by atoms with E-state index in [0.29, 0.717) is 44.9 Å². The third kappa shape index (κ3) is 5.81. The smallest absolute Gasteiger partial charge is 0.263 e. The molecule has 2 atom stereocenters. The van der Waals surface area contributed by atoms with Crippen LogP contribution in [0.1, 0.15) is 67.9 Å². The molecule has 4 aromatic rings. The molecular weight excluding hydrogens is 587 g/mol. The number of benzene rings is 2. The molecule has 2 aromatic carbocycles. The van der Waals surface area contributed by atoms with Gasteiger partial charge in [-0.2, -0.15) is 0 Å². The summed E-state index contributed by atoms with van der Waals surface area (Å²) >= 11 is 12.2. The van der Waals surface area contributed by atoms with Gasteiger partial charge in [-0.3, -0.25) is 9.59 Å². The first kappa shape index (κ1) is 29.4. The summed E-state index contributed by atoms with van der Waals surface area (Å²) in [4.78, 5) is 38.6. The topological polar surface area (TPSA) is 94.3 Å². The SMILES string of the molecule is CC(C)Nc1nc2c(c(=O)n1-c1ccc(-c3cncn3C3CCCCO3)cc1)C[C@@H](C)N(C(=O)c1ccc(Cl)c(Cl)c1)C2. The molecule has 0 aliphatic carbocycles. The van der Waals surface area contributed by atoms with Crippen molar-refractivity contribution in [1.29, 1.82) is 0 Å². The van der Waals surface area contributed by atoms with Crippen LogP contribution in [0.3, 0.4) is 0 Å². The van der Waals surface area contributed by atoms with Gasteiger partial charge in [0.1, 0.15) is 6.23 Å². The number of carbonyl (C=O) groups is 1. The highest BCUT2D eigenvalue weighted by atomic mass is 35.5. The summed E-state index contributed by atoms with van der Waals surface area (Å²) in [7, 11) is 0. The van der Waals surface area contributed by atoms with E-state index in [1.165, 1.54) is 0 Å². The van der Waals surface area contributed by atoms with Crippen molar-refractivity contribution in [2.45, 2.75) is 71.3 Å². The predicted molar refractivity (Wildman–Crippen MR) is 168 cm³/mol. The molecule has 1 saturated heterocycles. The van der Waals surface area contributed by atoms with Gasteiger partial charge in [-0.15, -0.1) is 0 Å². The molecule has 11 heteroatoms. The first-order valence-electron chi connectivity index (χ1n) is 14.6. The van der Waals surface area contributed by atoms with Crippen LogP contribution in [0.2, 0.25) is 10.0 Å². The van der Waals surface area contributed by atoms with Crippen LogP contribution in [0.5, 0.6) is 0 Å². The van der Waals surface area contributed by atoms with Crippen LogP contribution in [0, 0.1) is 0 Å². The number of amides is 1. The Bertz CT molecular complexity index is 1710. The molecular formula is C32H34Cl2N6O3. The highest BCUT2D eigenvalue weighted by Gasteiger charge is 2.32. The molecule has 1 N–H and O–H groups in total. The van der Waals surface area contributed by atoms with Crippen molar-refractivity contribution in [1.82, 2.24) is 24.0 Å². The Morgan fingerprint density at radius 2 is 1.88 bits per heavy atom. The minimum Gasteiger partial charge on any atom is -0.358 e. The number of halogens is 2. The van der Waals surface area contributed by atoms with Crippen molar-refractivity contribution in [3.63, 3.8) is 0 Å². The van der Waals surface area contributed by atoms with E-state index in [2.05, 4.69) is 14.9 Å². The molecule has 43 heavy (non-hydrogen) atoms. The van der Waals surface area contributed by atoms with Gasteiger partial charge in [0.15, 0.2) is 0 Å². The van der Waals surface area contributed by atoms with Crippen LogP contribution in [-0.4, -0.2) is 48.6 Å². The largest absolute Gasteiger partial charge is 0.358 e. The minimum absolute atomic E-state index is 0.0228. The number of fused-ring (bicyclic) bond motifs is 1. The molecule has 1 unspecified atom stereocenters. The average Bonchev–Trinajstić information content (AvgIpc) is 3.49. The second-order valence-electron chi connectivity index (χ2n) is 11.5. The normalized spacial score (nSPS) is 18.5. The molecule has 224 valence electrons. The zero-order valence-electron chi connectivity index (χ0n) is 24.4. The standard InChI is InChI=1S/C32H34Cl2N6O3/c1-19(2)36-32-37-27-17-38(30(41)22-9-12-25(33)26(34)15-22)20(3)14-24(27)31(42)40(32)23-10-7-21(8-11-23)28-16-35-18-39(28)29-6-4-5-13-43-29/h7-12,15-16,18-20,29H,4-6,13-14,17H2,1-3H3,(H,36,37)/t20-,29?/m1/s1. The number of aromatic nitrogens is 4. The van der Waals surface area contributed by atoms with Crippen molar-refractivity contribution in [3.05, 3.63) is 92.2 Å². The lowest BCUT2D eigenvalue weighted by Gasteiger charge is -2.35. The summed E-state index contributed by atoms with van der Waals surface area (Å²) in [5.41, 5.74) is 4.15. The lowest BCUT2D eigenvalue weighted by atomic mass is 9.98. The van der Waals surface area contributed by atoms with Crippen LogP contribution in [-0.2, 0) is 17.7 Å². The summed E-state index contributed by atoms with van der Waals surface area (Å²) in [6, 6.07) is 12.5. The Kier molecular flexibility index (Phi) is 8.31. The third-order valence-electron chi connectivity index (χ3n) is 8.01. The molecule has 0 spiro atoms. The van der Waals surface area contributed by atoms with E-state index in [1.54, 1.807) is 27.7 Å². The number of ether oxygens (including phenoxy) is 1. The van der Waals surface area contributed by atoms with Crippen molar-refractivity contribution in [3.8, 4) is 16.9 Å². The summed E-state index contributed by atoms with van der Waals surface area (Å²) in [6.45, 7) is 6.90. The second-order valence-corrected chi connectivity index (χ2v) is 12.3. The Labute approximate surface area is 260 Å². The summed E-state index contributed by atoms with van der Waals surface area (Å²) in [5.74, 6) is 0.248. The number of rotatable bonds is 6. The molecule has 6 rings (SSSR count). The molecule has 0 saturated carbocycles. The Hall–Kier alpha value is -3.66. The molecule has 4 heterocycles. The zero-order chi connectivity index (χ0) is 30.2.